The fourth-order valence-corrected chi connectivity index (χ4v) is 1.81. The Morgan fingerprint density at radius 3 is 2.95 bits per heavy atom. The number of hydrogen-bond donors (Lipinski definition) is 3. The van der Waals surface area contributed by atoms with Crippen molar-refractivity contribution < 1.29 is 4.79 Å². The lowest BCUT2D eigenvalue weighted by Crippen LogP contribution is -2.13. The number of aromatic nitrogens is 2. The van der Waals surface area contributed by atoms with E-state index in [0.717, 1.165) is 23.2 Å². The van der Waals surface area contributed by atoms with Crippen LogP contribution in [0.3, 0.4) is 0 Å². The number of H-pyrrole nitrogens is 1. The van der Waals surface area contributed by atoms with Gasteiger partial charge in [0, 0.05) is 17.4 Å². The van der Waals surface area contributed by atoms with Gasteiger partial charge in [0.05, 0.1) is 6.54 Å². The molecule has 0 bridgehead atoms. The molecule has 0 fully saturated rings. The third kappa shape index (κ3) is 3.25. The van der Waals surface area contributed by atoms with Gasteiger partial charge >= 0.3 is 0 Å². The maximum Gasteiger partial charge on any atom is 0.273 e. The fraction of sp³-hybridized carbons (Fsp3) is 0.200. The number of rotatable bonds is 3. The minimum Gasteiger partial charge on any atom is -0.320 e. The Kier molecular flexibility index (Phi) is 4.53. The molecule has 0 saturated heterocycles. The molecule has 1 aromatic carbocycles. The molecule has 5 nitrogen and oxygen atoms in total. The largest absolute Gasteiger partial charge is 0.320 e. The van der Waals surface area contributed by atoms with E-state index in [1.807, 2.05) is 25.1 Å². The second-order valence-electron chi connectivity index (χ2n) is 4.16. The van der Waals surface area contributed by atoms with Gasteiger partial charge in [0.25, 0.3) is 5.91 Å². The summed E-state index contributed by atoms with van der Waals surface area (Å²) in [4.78, 5) is 12.0. The van der Waals surface area contributed by atoms with Crippen LogP contribution in [0.1, 0.15) is 28.5 Å². The van der Waals surface area contributed by atoms with Crippen LogP contribution in [0.15, 0.2) is 30.5 Å². The van der Waals surface area contributed by atoms with E-state index in [-0.39, 0.29) is 5.91 Å². The van der Waals surface area contributed by atoms with E-state index in [1.54, 1.807) is 12.3 Å². The smallest absolute Gasteiger partial charge is 0.273 e. The van der Waals surface area contributed by atoms with Crippen molar-refractivity contribution in [2.24, 2.45) is 5.73 Å². The first kappa shape index (κ1) is 13.8. The summed E-state index contributed by atoms with van der Waals surface area (Å²) in [5.41, 5.74) is 8.49. The Bertz CT molecular complexity index is 650. The maximum atomic E-state index is 12.0. The number of hydrogen-bond acceptors (Lipinski definition) is 3. The summed E-state index contributed by atoms with van der Waals surface area (Å²) < 4.78 is 0. The maximum absolute atomic E-state index is 12.0. The number of nitrogens with two attached hydrogens (primary N) is 1. The highest BCUT2D eigenvalue weighted by atomic mass is 16.1. The minimum absolute atomic E-state index is 0.210. The summed E-state index contributed by atoms with van der Waals surface area (Å²) >= 11 is 0. The van der Waals surface area contributed by atoms with Crippen LogP contribution in [-0.2, 0) is 6.42 Å². The van der Waals surface area contributed by atoms with Crippen molar-refractivity contribution in [3.8, 4) is 11.8 Å². The SMILES string of the molecule is CCc1cc(C#CCN)ccc1NC(=O)c1ccn[nH]1. The molecule has 0 aliphatic rings. The topological polar surface area (TPSA) is 83.8 Å². The van der Waals surface area contributed by atoms with E-state index in [4.69, 9.17) is 5.73 Å². The van der Waals surface area contributed by atoms with Crippen molar-refractivity contribution in [1.29, 1.82) is 0 Å². The van der Waals surface area contributed by atoms with Crippen LogP contribution in [0.5, 0.6) is 0 Å². The Hall–Kier alpha value is -2.58. The predicted molar refractivity (Wildman–Crippen MR) is 78.3 cm³/mol. The van der Waals surface area contributed by atoms with Gasteiger partial charge in [-0.1, -0.05) is 18.8 Å². The molecular weight excluding hydrogens is 252 g/mol. The summed E-state index contributed by atoms with van der Waals surface area (Å²) in [5, 5.41) is 9.26. The van der Waals surface area contributed by atoms with Crippen LogP contribution in [0, 0.1) is 11.8 Å². The highest BCUT2D eigenvalue weighted by Gasteiger charge is 2.09. The molecule has 2 aromatic rings. The number of benzene rings is 1. The number of nitrogens with one attached hydrogen (secondary N) is 2. The number of carbonyl (C=O) groups excluding carboxylic acids is 1. The van der Waals surface area contributed by atoms with Gasteiger partial charge in [0.15, 0.2) is 0 Å². The highest BCUT2D eigenvalue weighted by Crippen LogP contribution is 2.18. The van der Waals surface area contributed by atoms with E-state index >= 15 is 0 Å². The van der Waals surface area contributed by atoms with Crippen molar-refractivity contribution in [1.82, 2.24) is 10.2 Å². The Morgan fingerprint density at radius 1 is 1.45 bits per heavy atom. The average molecular weight is 268 g/mol. The number of nitrogens with zero attached hydrogens (tertiary/aromatic N) is 1. The first-order valence-electron chi connectivity index (χ1n) is 6.37. The van der Waals surface area contributed by atoms with Crippen LogP contribution < -0.4 is 11.1 Å². The zero-order valence-electron chi connectivity index (χ0n) is 11.2. The lowest BCUT2D eigenvalue weighted by molar-refractivity contribution is 0.102. The van der Waals surface area contributed by atoms with E-state index < -0.39 is 0 Å². The summed E-state index contributed by atoms with van der Waals surface area (Å²) in [7, 11) is 0. The molecule has 5 heteroatoms. The highest BCUT2D eigenvalue weighted by molar-refractivity contribution is 6.03. The van der Waals surface area contributed by atoms with Crippen LogP contribution in [0.4, 0.5) is 5.69 Å². The number of aryl methyl sites for hydroxylation is 1. The molecule has 0 aliphatic heterocycles. The Labute approximate surface area is 117 Å². The Morgan fingerprint density at radius 2 is 2.30 bits per heavy atom. The summed E-state index contributed by atoms with van der Waals surface area (Å²) in [6.45, 7) is 2.36. The van der Waals surface area contributed by atoms with Crippen LogP contribution in [0.25, 0.3) is 0 Å². The molecule has 1 heterocycles. The van der Waals surface area contributed by atoms with Crippen molar-refractivity contribution >= 4 is 11.6 Å². The second-order valence-corrected chi connectivity index (χ2v) is 4.16. The number of carbonyl (C=O) groups is 1. The van der Waals surface area contributed by atoms with Gasteiger partial charge < -0.3 is 11.1 Å². The monoisotopic (exact) mass is 268 g/mol. The zero-order chi connectivity index (χ0) is 14.4. The van der Waals surface area contributed by atoms with Crippen LogP contribution in [0.2, 0.25) is 0 Å². The molecule has 2 rings (SSSR count). The average Bonchev–Trinajstić information content (AvgIpc) is 3.00. The van der Waals surface area contributed by atoms with Gasteiger partial charge in [-0.2, -0.15) is 5.10 Å². The first-order chi connectivity index (χ1) is 9.74. The zero-order valence-corrected chi connectivity index (χ0v) is 11.2. The van der Waals surface area contributed by atoms with Crippen LogP contribution in [-0.4, -0.2) is 22.6 Å². The minimum atomic E-state index is -0.210. The summed E-state index contributed by atoms with van der Waals surface area (Å²) in [6, 6.07) is 7.31. The third-order valence-electron chi connectivity index (χ3n) is 2.81. The quantitative estimate of drug-likeness (QED) is 0.738. The van der Waals surface area contributed by atoms with E-state index in [9.17, 15) is 4.79 Å². The van der Waals surface area contributed by atoms with E-state index in [0.29, 0.717) is 12.2 Å². The van der Waals surface area contributed by atoms with Crippen molar-refractivity contribution in [2.75, 3.05) is 11.9 Å². The molecule has 1 amide bonds. The summed E-state index contributed by atoms with van der Waals surface area (Å²) in [5.74, 6) is 5.59. The van der Waals surface area contributed by atoms with Gasteiger partial charge in [-0.15, -0.1) is 0 Å². The third-order valence-corrected chi connectivity index (χ3v) is 2.81. The van der Waals surface area contributed by atoms with Gasteiger partial charge in [-0.05, 0) is 36.2 Å². The van der Waals surface area contributed by atoms with Gasteiger partial charge in [-0.25, -0.2) is 0 Å². The van der Waals surface area contributed by atoms with E-state index in [1.165, 1.54) is 0 Å². The van der Waals surface area contributed by atoms with Crippen molar-refractivity contribution in [2.45, 2.75) is 13.3 Å². The molecule has 20 heavy (non-hydrogen) atoms. The summed E-state index contributed by atoms with van der Waals surface area (Å²) in [6.07, 6.45) is 2.35. The van der Waals surface area contributed by atoms with Gasteiger partial charge in [0.1, 0.15) is 5.69 Å². The standard InChI is InChI=1S/C15H16N4O/c1-2-12-10-11(4-3-8-16)5-6-13(12)18-15(20)14-7-9-17-19-14/h5-7,9-10H,2,8,16H2,1H3,(H,17,19)(H,18,20). The fourth-order valence-electron chi connectivity index (χ4n) is 1.81. The number of amides is 1. The molecular formula is C15H16N4O. The van der Waals surface area contributed by atoms with Crippen molar-refractivity contribution in [3.63, 3.8) is 0 Å². The molecule has 102 valence electrons. The van der Waals surface area contributed by atoms with Crippen molar-refractivity contribution in [3.05, 3.63) is 47.3 Å². The molecule has 0 aliphatic carbocycles. The number of aromatic amines is 1. The van der Waals surface area contributed by atoms with E-state index in [2.05, 4.69) is 27.4 Å². The number of anilines is 1. The lowest BCUT2D eigenvalue weighted by Gasteiger charge is -2.09. The Balaban J connectivity index is 2.21. The molecule has 0 unspecified atom stereocenters. The second kappa shape index (κ2) is 6.55. The van der Waals surface area contributed by atoms with Gasteiger partial charge in [-0.3, -0.25) is 9.89 Å². The molecule has 0 spiro atoms. The van der Waals surface area contributed by atoms with Gasteiger partial charge in [0.2, 0.25) is 0 Å². The molecule has 4 N–H and O–H groups in total. The lowest BCUT2D eigenvalue weighted by atomic mass is 10.1. The normalized spacial score (nSPS) is 9.70. The molecule has 1 aromatic heterocycles. The predicted octanol–water partition coefficient (Wildman–Crippen LogP) is 1.53. The van der Waals surface area contributed by atoms with Crippen LogP contribution >= 0.6 is 0 Å². The molecule has 0 radical (unpaired) electrons. The molecule has 0 saturated carbocycles. The molecule has 0 atom stereocenters. The first-order valence-corrected chi connectivity index (χ1v) is 6.37.